The average Bonchev–Trinajstić information content (AvgIpc) is 2.87. The van der Waals surface area contributed by atoms with Crippen molar-refractivity contribution in [3.63, 3.8) is 0 Å². The summed E-state index contributed by atoms with van der Waals surface area (Å²) >= 11 is 10.7. The first-order chi connectivity index (χ1) is 8.47. The molecule has 0 bridgehead atoms. The summed E-state index contributed by atoms with van der Waals surface area (Å²) in [4.78, 5) is 0.853. The van der Waals surface area contributed by atoms with E-state index in [9.17, 15) is 5.11 Å². The molecule has 0 aliphatic rings. The first kappa shape index (κ1) is 14.1. The summed E-state index contributed by atoms with van der Waals surface area (Å²) in [7, 11) is 0. The molecule has 1 atom stereocenters. The van der Waals surface area contributed by atoms with Crippen LogP contribution in [0.25, 0.3) is 0 Å². The van der Waals surface area contributed by atoms with Crippen molar-refractivity contribution < 1.29 is 5.11 Å². The molecule has 0 fully saturated rings. The fourth-order valence-corrected chi connectivity index (χ4v) is 3.32. The third-order valence-corrected chi connectivity index (χ3v) is 5.16. The molecule has 0 saturated carbocycles. The van der Waals surface area contributed by atoms with Crippen molar-refractivity contribution in [2.45, 2.75) is 32.4 Å². The number of halogens is 2. The molecule has 0 saturated heterocycles. The van der Waals surface area contributed by atoms with Gasteiger partial charge in [0.2, 0.25) is 0 Å². The van der Waals surface area contributed by atoms with Crippen molar-refractivity contribution >= 4 is 38.9 Å². The van der Waals surface area contributed by atoms with Crippen molar-refractivity contribution in [3.8, 4) is 0 Å². The Balaban J connectivity index is 2.08. The van der Waals surface area contributed by atoms with Gasteiger partial charge in [-0.25, -0.2) is 0 Å². The molecule has 6 heteroatoms. The van der Waals surface area contributed by atoms with Gasteiger partial charge in [-0.2, -0.15) is 5.10 Å². The highest BCUT2D eigenvalue weighted by molar-refractivity contribution is 9.10. The van der Waals surface area contributed by atoms with Crippen molar-refractivity contribution in [2.24, 2.45) is 0 Å². The first-order valence-corrected chi connectivity index (χ1v) is 7.63. The monoisotopic (exact) mass is 348 g/mol. The van der Waals surface area contributed by atoms with Crippen LogP contribution in [0.15, 0.2) is 22.8 Å². The molecule has 2 aromatic rings. The predicted octanol–water partition coefficient (Wildman–Crippen LogP) is 4.22. The Labute approximate surface area is 124 Å². The summed E-state index contributed by atoms with van der Waals surface area (Å²) in [5.74, 6) is 0. The summed E-state index contributed by atoms with van der Waals surface area (Å²) in [6.07, 6.45) is 1.88. The van der Waals surface area contributed by atoms with Crippen molar-refractivity contribution in [1.29, 1.82) is 0 Å². The molecule has 1 N–H and O–H groups in total. The second kappa shape index (κ2) is 5.74. The molecule has 1 unspecified atom stereocenters. The van der Waals surface area contributed by atoms with Crippen LogP contribution in [0.4, 0.5) is 0 Å². The maximum Gasteiger partial charge on any atom is 0.107 e. The molecular weight excluding hydrogens is 336 g/mol. The highest BCUT2D eigenvalue weighted by Gasteiger charge is 2.15. The van der Waals surface area contributed by atoms with Crippen LogP contribution in [0, 0.1) is 0 Å². The average molecular weight is 350 g/mol. The highest BCUT2D eigenvalue weighted by Crippen LogP contribution is 2.36. The second-order valence-electron chi connectivity index (χ2n) is 4.37. The lowest BCUT2D eigenvalue weighted by Gasteiger charge is -2.07. The van der Waals surface area contributed by atoms with E-state index in [4.69, 9.17) is 11.6 Å². The smallest absolute Gasteiger partial charge is 0.107 e. The van der Waals surface area contributed by atoms with E-state index in [1.165, 1.54) is 11.3 Å². The zero-order chi connectivity index (χ0) is 13.3. The lowest BCUT2D eigenvalue weighted by molar-refractivity contribution is 0.180. The molecule has 0 spiro atoms. The lowest BCUT2D eigenvalue weighted by Crippen LogP contribution is -2.04. The lowest BCUT2D eigenvalue weighted by atomic mass is 10.2. The van der Waals surface area contributed by atoms with Crippen molar-refractivity contribution in [3.05, 3.63) is 37.7 Å². The van der Waals surface area contributed by atoms with Gasteiger partial charge in [-0.3, -0.25) is 4.68 Å². The van der Waals surface area contributed by atoms with Gasteiger partial charge in [-0.1, -0.05) is 11.6 Å². The molecule has 0 aliphatic carbocycles. The van der Waals surface area contributed by atoms with E-state index >= 15 is 0 Å². The van der Waals surface area contributed by atoms with Gasteiger partial charge < -0.3 is 5.11 Å². The van der Waals surface area contributed by atoms with E-state index in [-0.39, 0.29) is 0 Å². The molecule has 3 nitrogen and oxygen atoms in total. The summed E-state index contributed by atoms with van der Waals surface area (Å²) in [6, 6.07) is 4.13. The fourth-order valence-electron chi connectivity index (χ4n) is 1.60. The van der Waals surface area contributed by atoms with Crippen LogP contribution in [0.3, 0.4) is 0 Å². The van der Waals surface area contributed by atoms with Gasteiger partial charge in [0.25, 0.3) is 0 Å². The normalized spacial score (nSPS) is 13.2. The second-order valence-corrected chi connectivity index (χ2v) is 6.91. The molecule has 2 aromatic heterocycles. The standard InChI is InChI=1S/C12H14BrClN2OS/c1-7(2)16-4-3-8(15-16)5-10(17)11-6-9(13)12(14)18-11/h3-4,6-7,10,17H,5H2,1-2H3. The minimum absolute atomic E-state index is 0.334. The van der Waals surface area contributed by atoms with Gasteiger partial charge in [0.15, 0.2) is 0 Å². The van der Waals surface area contributed by atoms with Gasteiger partial charge in [-0.15, -0.1) is 11.3 Å². The minimum Gasteiger partial charge on any atom is -0.387 e. The molecule has 2 rings (SSSR count). The number of thiophene rings is 1. The summed E-state index contributed by atoms with van der Waals surface area (Å²) in [6.45, 7) is 4.15. The predicted molar refractivity (Wildman–Crippen MR) is 78.3 cm³/mol. The maximum absolute atomic E-state index is 10.1. The minimum atomic E-state index is -0.561. The summed E-state index contributed by atoms with van der Waals surface area (Å²) in [5, 5.41) is 14.6. The molecule has 18 heavy (non-hydrogen) atoms. The zero-order valence-corrected chi connectivity index (χ0v) is 13.3. The van der Waals surface area contributed by atoms with E-state index in [1.54, 1.807) is 0 Å². The summed E-state index contributed by atoms with van der Waals surface area (Å²) < 4.78 is 3.38. The van der Waals surface area contributed by atoms with Gasteiger partial charge in [0.1, 0.15) is 4.34 Å². The van der Waals surface area contributed by atoms with Gasteiger partial charge in [0.05, 0.1) is 11.8 Å². The van der Waals surface area contributed by atoms with E-state index < -0.39 is 6.10 Å². The van der Waals surface area contributed by atoms with Crippen LogP contribution in [0.5, 0.6) is 0 Å². The van der Waals surface area contributed by atoms with Gasteiger partial charge in [-0.05, 0) is 41.9 Å². The number of rotatable bonds is 4. The third-order valence-electron chi connectivity index (χ3n) is 2.59. The van der Waals surface area contributed by atoms with E-state index in [1.807, 2.05) is 23.0 Å². The third kappa shape index (κ3) is 3.15. The van der Waals surface area contributed by atoms with Crippen LogP contribution >= 0.6 is 38.9 Å². The quantitative estimate of drug-likeness (QED) is 0.897. The van der Waals surface area contributed by atoms with Crippen LogP contribution in [-0.2, 0) is 6.42 Å². The molecule has 2 heterocycles. The zero-order valence-electron chi connectivity index (χ0n) is 10.1. The molecule has 0 aromatic carbocycles. The number of aliphatic hydroxyl groups is 1. The van der Waals surface area contributed by atoms with E-state index in [0.717, 1.165) is 15.0 Å². The molecule has 0 aliphatic heterocycles. The molecule has 98 valence electrons. The highest BCUT2D eigenvalue weighted by atomic mass is 79.9. The Morgan fingerprint density at radius 2 is 2.28 bits per heavy atom. The van der Waals surface area contributed by atoms with Crippen molar-refractivity contribution in [1.82, 2.24) is 9.78 Å². The first-order valence-electron chi connectivity index (χ1n) is 5.64. The largest absolute Gasteiger partial charge is 0.387 e. The molecule has 0 amide bonds. The van der Waals surface area contributed by atoms with Gasteiger partial charge in [0, 0.05) is 28.0 Å². The van der Waals surface area contributed by atoms with Crippen LogP contribution in [0.1, 0.15) is 36.6 Å². The van der Waals surface area contributed by atoms with E-state index in [0.29, 0.717) is 16.8 Å². The van der Waals surface area contributed by atoms with E-state index in [2.05, 4.69) is 34.9 Å². The number of nitrogens with zero attached hydrogens (tertiary/aromatic N) is 2. The molecule has 0 radical (unpaired) electrons. The Morgan fingerprint density at radius 1 is 1.56 bits per heavy atom. The topological polar surface area (TPSA) is 38.0 Å². The van der Waals surface area contributed by atoms with Crippen LogP contribution in [0.2, 0.25) is 4.34 Å². The fraction of sp³-hybridized carbons (Fsp3) is 0.417. The number of hydrogen-bond donors (Lipinski definition) is 1. The Bertz CT molecular complexity index is 518. The SMILES string of the molecule is CC(C)n1ccc(CC(O)c2cc(Br)c(Cl)s2)n1. The number of aliphatic hydroxyl groups excluding tert-OH is 1. The summed E-state index contributed by atoms with van der Waals surface area (Å²) in [5.41, 5.74) is 0.886. The Morgan fingerprint density at radius 3 is 2.78 bits per heavy atom. The van der Waals surface area contributed by atoms with Crippen molar-refractivity contribution in [2.75, 3.05) is 0 Å². The number of aromatic nitrogens is 2. The molecular formula is C12H14BrClN2OS. The Kier molecular flexibility index (Phi) is 4.48. The Hall–Kier alpha value is -0.360. The van der Waals surface area contributed by atoms with Crippen LogP contribution in [-0.4, -0.2) is 14.9 Å². The van der Waals surface area contributed by atoms with Gasteiger partial charge >= 0.3 is 0 Å². The maximum atomic E-state index is 10.1. The van der Waals surface area contributed by atoms with Crippen LogP contribution < -0.4 is 0 Å². The number of hydrogen-bond acceptors (Lipinski definition) is 3.